The zero-order chi connectivity index (χ0) is 6.69. The molecule has 1 saturated heterocycles. The third-order valence-corrected chi connectivity index (χ3v) is 2.35. The second-order valence-corrected chi connectivity index (χ2v) is 2.97. The maximum Gasteiger partial charge on any atom is 0.00668 e. The Morgan fingerprint density at radius 2 is 2.22 bits per heavy atom. The Balaban J connectivity index is 2.30. The van der Waals surface area contributed by atoms with Crippen LogP contribution in [0.2, 0.25) is 0 Å². The average Bonchev–Trinajstić information content (AvgIpc) is 1.89. The Morgan fingerprint density at radius 1 is 1.44 bits per heavy atom. The zero-order valence-corrected chi connectivity index (χ0v) is 6.56. The molecule has 1 fully saturated rings. The van der Waals surface area contributed by atoms with E-state index in [1.807, 2.05) is 0 Å². The van der Waals surface area contributed by atoms with Crippen molar-refractivity contribution >= 4 is 0 Å². The van der Waals surface area contributed by atoms with E-state index in [2.05, 4.69) is 18.7 Å². The predicted molar refractivity (Wildman–Crippen MR) is 40.6 cm³/mol. The highest BCUT2D eigenvalue weighted by Gasteiger charge is 2.14. The van der Waals surface area contributed by atoms with Gasteiger partial charge in [-0.1, -0.05) is 13.3 Å². The Morgan fingerprint density at radius 3 is 2.67 bits per heavy atom. The Bertz CT molecular complexity index is 80.6. The normalized spacial score (nSPS) is 30.7. The fourth-order valence-corrected chi connectivity index (χ4v) is 1.63. The molecule has 1 aliphatic rings. The molecule has 1 heterocycles. The van der Waals surface area contributed by atoms with Gasteiger partial charge in [-0.2, -0.15) is 0 Å². The van der Waals surface area contributed by atoms with E-state index in [-0.39, 0.29) is 0 Å². The molecule has 0 aliphatic carbocycles. The Kier molecular flexibility index (Phi) is 2.52. The van der Waals surface area contributed by atoms with Crippen molar-refractivity contribution in [2.24, 2.45) is 0 Å². The fraction of sp³-hybridized carbons (Fsp3) is 1.00. The van der Waals surface area contributed by atoms with Gasteiger partial charge in [0.15, 0.2) is 0 Å². The molecule has 1 rings (SSSR count). The summed E-state index contributed by atoms with van der Waals surface area (Å²) in [6.45, 7) is 7.16. The standard InChI is InChI=1S/C8H17N/c1-3-9-7-5-4-6-8(9)2/h8H,3-7H2,1-2H3/t8-/m1/s1. The first kappa shape index (κ1) is 7.07. The van der Waals surface area contributed by atoms with Gasteiger partial charge in [0.1, 0.15) is 0 Å². The van der Waals surface area contributed by atoms with Crippen molar-refractivity contribution < 1.29 is 0 Å². The molecule has 1 atom stereocenters. The summed E-state index contributed by atoms with van der Waals surface area (Å²) in [6, 6.07) is 0.851. The molecule has 54 valence electrons. The van der Waals surface area contributed by atoms with Crippen LogP contribution in [0.1, 0.15) is 33.1 Å². The number of rotatable bonds is 1. The van der Waals surface area contributed by atoms with Gasteiger partial charge in [-0.3, -0.25) is 0 Å². The molecule has 0 aromatic rings. The van der Waals surface area contributed by atoms with E-state index in [1.54, 1.807) is 0 Å². The Labute approximate surface area is 58.0 Å². The van der Waals surface area contributed by atoms with Crippen LogP contribution in [0.4, 0.5) is 0 Å². The van der Waals surface area contributed by atoms with Gasteiger partial charge < -0.3 is 4.90 Å². The van der Waals surface area contributed by atoms with Crippen molar-refractivity contribution in [3.8, 4) is 0 Å². The summed E-state index contributed by atoms with van der Waals surface area (Å²) in [5.74, 6) is 0. The number of likely N-dealkylation sites (tertiary alicyclic amines) is 1. The van der Waals surface area contributed by atoms with Crippen molar-refractivity contribution in [1.29, 1.82) is 0 Å². The van der Waals surface area contributed by atoms with Gasteiger partial charge in [-0.05, 0) is 32.9 Å². The zero-order valence-electron chi connectivity index (χ0n) is 6.56. The highest BCUT2D eigenvalue weighted by Crippen LogP contribution is 2.14. The lowest BCUT2D eigenvalue weighted by molar-refractivity contribution is 0.169. The second-order valence-electron chi connectivity index (χ2n) is 2.97. The molecule has 0 radical (unpaired) electrons. The minimum Gasteiger partial charge on any atom is -0.301 e. The lowest BCUT2D eigenvalue weighted by atomic mass is 10.0. The lowest BCUT2D eigenvalue weighted by Gasteiger charge is -2.31. The van der Waals surface area contributed by atoms with Gasteiger partial charge in [0.05, 0.1) is 0 Å². The molecule has 0 bridgehead atoms. The van der Waals surface area contributed by atoms with E-state index in [0.29, 0.717) is 0 Å². The molecule has 0 amide bonds. The van der Waals surface area contributed by atoms with Crippen molar-refractivity contribution in [2.75, 3.05) is 13.1 Å². The van der Waals surface area contributed by atoms with E-state index >= 15 is 0 Å². The molecule has 9 heavy (non-hydrogen) atoms. The van der Waals surface area contributed by atoms with E-state index in [0.717, 1.165) is 6.04 Å². The average molecular weight is 127 g/mol. The third kappa shape index (κ3) is 1.68. The number of piperidine rings is 1. The van der Waals surface area contributed by atoms with E-state index < -0.39 is 0 Å². The Hall–Kier alpha value is -0.0400. The number of hydrogen-bond acceptors (Lipinski definition) is 1. The van der Waals surface area contributed by atoms with E-state index in [1.165, 1.54) is 32.4 Å². The molecule has 0 unspecified atom stereocenters. The van der Waals surface area contributed by atoms with Gasteiger partial charge in [-0.15, -0.1) is 0 Å². The quantitative estimate of drug-likeness (QED) is 0.520. The van der Waals surface area contributed by atoms with Crippen LogP contribution in [-0.2, 0) is 0 Å². The van der Waals surface area contributed by atoms with Crippen LogP contribution >= 0.6 is 0 Å². The molecule has 1 aliphatic heterocycles. The van der Waals surface area contributed by atoms with Crippen LogP contribution in [0.3, 0.4) is 0 Å². The maximum atomic E-state index is 2.56. The summed E-state index contributed by atoms with van der Waals surface area (Å²) >= 11 is 0. The van der Waals surface area contributed by atoms with Crippen molar-refractivity contribution in [2.45, 2.75) is 39.2 Å². The second kappa shape index (κ2) is 3.21. The molecule has 0 saturated carbocycles. The molecule has 1 nitrogen and oxygen atoms in total. The van der Waals surface area contributed by atoms with E-state index in [9.17, 15) is 0 Å². The molecule has 0 aromatic carbocycles. The smallest absolute Gasteiger partial charge is 0.00668 e. The van der Waals surface area contributed by atoms with Crippen molar-refractivity contribution in [1.82, 2.24) is 4.90 Å². The summed E-state index contributed by atoms with van der Waals surface area (Å²) in [4.78, 5) is 2.56. The van der Waals surface area contributed by atoms with E-state index in [4.69, 9.17) is 0 Å². The summed E-state index contributed by atoms with van der Waals surface area (Å²) in [5, 5.41) is 0. The van der Waals surface area contributed by atoms with Crippen LogP contribution in [0.25, 0.3) is 0 Å². The number of hydrogen-bond donors (Lipinski definition) is 0. The first-order valence-corrected chi connectivity index (χ1v) is 4.08. The minimum absolute atomic E-state index is 0.851. The van der Waals surface area contributed by atoms with Crippen LogP contribution in [0.15, 0.2) is 0 Å². The minimum atomic E-state index is 0.851. The predicted octanol–water partition coefficient (Wildman–Crippen LogP) is 1.88. The van der Waals surface area contributed by atoms with Crippen LogP contribution in [0, 0.1) is 0 Å². The molecule has 0 aromatic heterocycles. The third-order valence-electron chi connectivity index (χ3n) is 2.35. The summed E-state index contributed by atoms with van der Waals surface area (Å²) in [6.07, 6.45) is 4.27. The summed E-state index contributed by atoms with van der Waals surface area (Å²) in [7, 11) is 0. The molecular formula is C8H17N. The maximum absolute atomic E-state index is 2.56. The topological polar surface area (TPSA) is 3.24 Å². The molecule has 0 N–H and O–H groups in total. The van der Waals surface area contributed by atoms with Crippen molar-refractivity contribution in [3.63, 3.8) is 0 Å². The monoisotopic (exact) mass is 127 g/mol. The van der Waals surface area contributed by atoms with Gasteiger partial charge in [0.25, 0.3) is 0 Å². The van der Waals surface area contributed by atoms with Crippen LogP contribution in [-0.4, -0.2) is 24.0 Å². The number of nitrogens with zero attached hydrogens (tertiary/aromatic N) is 1. The van der Waals surface area contributed by atoms with Gasteiger partial charge in [-0.25, -0.2) is 0 Å². The first-order valence-electron chi connectivity index (χ1n) is 4.08. The molecule has 0 spiro atoms. The van der Waals surface area contributed by atoms with Crippen molar-refractivity contribution in [3.05, 3.63) is 0 Å². The first-order chi connectivity index (χ1) is 4.34. The largest absolute Gasteiger partial charge is 0.301 e. The summed E-state index contributed by atoms with van der Waals surface area (Å²) in [5.41, 5.74) is 0. The molecular weight excluding hydrogens is 110 g/mol. The molecule has 1 heteroatoms. The highest BCUT2D eigenvalue weighted by molar-refractivity contribution is 4.70. The lowest BCUT2D eigenvalue weighted by Crippen LogP contribution is -2.36. The SMILES string of the molecule is CCN1CCCC[C@H]1C. The highest BCUT2D eigenvalue weighted by atomic mass is 15.1. The van der Waals surface area contributed by atoms with Gasteiger partial charge in [0, 0.05) is 6.04 Å². The van der Waals surface area contributed by atoms with Gasteiger partial charge >= 0.3 is 0 Å². The van der Waals surface area contributed by atoms with Crippen LogP contribution in [0.5, 0.6) is 0 Å². The fourth-order valence-electron chi connectivity index (χ4n) is 1.63. The van der Waals surface area contributed by atoms with Crippen LogP contribution < -0.4 is 0 Å². The van der Waals surface area contributed by atoms with Gasteiger partial charge in [0.2, 0.25) is 0 Å². The summed E-state index contributed by atoms with van der Waals surface area (Å²) < 4.78 is 0.